The summed E-state index contributed by atoms with van der Waals surface area (Å²) < 4.78 is 11.7. The summed E-state index contributed by atoms with van der Waals surface area (Å²) in [6, 6.07) is 1.58. The number of esters is 1. The quantitative estimate of drug-likeness (QED) is 0.449. The molecule has 1 aliphatic heterocycles. The molecule has 0 aromatic carbocycles. The van der Waals surface area contributed by atoms with Crippen LogP contribution >= 0.6 is 0 Å². The molecular formula is C14H20N4O5. The molecule has 9 heteroatoms. The highest BCUT2D eigenvalue weighted by Crippen LogP contribution is 2.28. The molecule has 0 aliphatic carbocycles. The lowest BCUT2D eigenvalue weighted by Gasteiger charge is -2.15. The van der Waals surface area contributed by atoms with Crippen LogP contribution in [0, 0.1) is 0 Å². The highest BCUT2D eigenvalue weighted by Gasteiger charge is 2.36. The average Bonchev–Trinajstić information content (AvgIpc) is 2.84. The minimum absolute atomic E-state index is 0.0552. The number of hydrogen-bond acceptors (Lipinski definition) is 7. The first kappa shape index (κ1) is 17.1. The van der Waals surface area contributed by atoms with E-state index in [9.17, 15) is 14.7 Å². The summed E-state index contributed by atoms with van der Waals surface area (Å²) in [6.07, 6.45) is 1.13. The Bertz CT molecular complexity index is 642. The van der Waals surface area contributed by atoms with Gasteiger partial charge >= 0.3 is 11.7 Å². The van der Waals surface area contributed by atoms with Gasteiger partial charge in [0.25, 0.3) is 0 Å². The maximum atomic E-state index is 12.1. The van der Waals surface area contributed by atoms with Crippen LogP contribution in [-0.2, 0) is 14.3 Å². The second kappa shape index (κ2) is 7.34. The van der Waals surface area contributed by atoms with Crippen LogP contribution in [0.5, 0.6) is 0 Å². The van der Waals surface area contributed by atoms with Crippen molar-refractivity contribution in [3.05, 3.63) is 22.7 Å². The van der Waals surface area contributed by atoms with E-state index >= 15 is 0 Å². The fourth-order valence-corrected chi connectivity index (χ4v) is 2.10. The van der Waals surface area contributed by atoms with E-state index in [4.69, 9.17) is 9.47 Å². The standard InChI is InChI=1S/C14H20N4O5/c1-9(19)22-7-11-10(20)6-13(23-11)18-5-4-12(16-14(18)21)15-8-17(2)3/h4-5,8,10-11,13,20H,6-7H2,1-3H3/t10-,11+,13+/m0/s1. The SMILES string of the molecule is CC(=O)OC[C@H]1O[C@@H](n2ccc(N=CN(C)C)nc2=O)C[C@@H]1O. The van der Waals surface area contributed by atoms with Gasteiger partial charge < -0.3 is 19.5 Å². The lowest BCUT2D eigenvalue weighted by molar-refractivity contribution is -0.147. The molecule has 3 atom stereocenters. The van der Waals surface area contributed by atoms with E-state index in [2.05, 4.69) is 9.98 Å². The number of rotatable bonds is 5. The molecule has 2 rings (SSSR count). The Morgan fingerprint density at radius 2 is 2.39 bits per heavy atom. The van der Waals surface area contributed by atoms with E-state index in [-0.39, 0.29) is 18.8 Å². The average molecular weight is 324 g/mol. The Kier molecular flexibility index (Phi) is 5.45. The van der Waals surface area contributed by atoms with E-state index < -0.39 is 30.1 Å². The summed E-state index contributed by atoms with van der Waals surface area (Å²) in [6.45, 7) is 1.22. The van der Waals surface area contributed by atoms with Crippen molar-refractivity contribution in [3.8, 4) is 0 Å². The molecule has 0 saturated carbocycles. The lowest BCUT2D eigenvalue weighted by Crippen LogP contribution is -2.28. The van der Waals surface area contributed by atoms with Gasteiger partial charge in [-0.3, -0.25) is 9.36 Å². The van der Waals surface area contributed by atoms with Gasteiger partial charge in [-0.05, 0) is 6.07 Å². The molecule has 9 nitrogen and oxygen atoms in total. The second-order valence-corrected chi connectivity index (χ2v) is 5.42. The Balaban J connectivity index is 2.08. The topological polar surface area (TPSA) is 106 Å². The molecule has 1 aliphatic rings. The molecule has 1 aromatic heterocycles. The summed E-state index contributed by atoms with van der Waals surface area (Å²) in [7, 11) is 3.61. The highest BCUT2D eigenvalue weighted by molar-refractivity contribution is 5.65. The third-order valence-electron chi connectivity index (χ3n) is 3.20. The first-order chi connectivity index (χ1) is 10.9. The molecule has 0 amide bonds. The van der Waals surface area contributed by atoms with Crippen LogP contribution in [0.4, 0.5) is 5.82 Å². The summed E-state index contributed by atoms with van der Waals surface area (Å²) in [5.41, 5.74) is -0.524. The predicted octanol–water partition coefficient (Wildman–Crippen LogP) is -0.324. The Morgan fingerprint density at radius 3 is 3.00 bits per heavy atom. The molecule has 1 aromatic rings. The van der Waals surface area contributed by atoms with Crippen molar-refractivity contribution in [2.45, 2.75) is 31.8 Å². The fraction of sp³-hybridized carbons (Fsp3) is 0.571. The monoisotopic (exact) mass is 324 g/mol. The third-order valence-corrected chi connectivity index (χ3v) is 3.20. The number of carbonyl (C=O) groups excluding carboxylic acids is 1. The van der Waals surface area contributed by atoms with Crippen LogP contribution in [0.1, 0.15) is 19.6 Å². The van der Waals surface area contributed by atoms with Gasteiger partial charge in [0, 0.05) is 33.6 Å². The highest BCUT2D eigenvalue weighted by atomic mass is 16.6. The van der Waals surface area contributed by atoms with E-state index in [0.29, 0.717) is 0 Å². The fourth-order valence-electron chi connectivity index (χ4n) is 2.10. The zero-order chi connectivity index (χ0) is 17.0. The number of aromatic nitrogens is 2. The number of hydrogen-bond donors (Lipinski definition) is 1. The van der Waals surface area contributed by atoms with Gasteiger partial charge in [0.2, 0.25) is 0 Å². The van der Waals surface area contributed by atoms with Gasteiger partial charge in [-0.2, -0.15) is 4.98 Å². The second-order valence-electron chi connectivity index (χ2n) is 5.42. The zero-order valence-electron chi connectivity index (χ0n) is 13.2. The molecule has 126 valence electrons. The van der Waals surface area contributed by atoms with Gasteiger partial charge in [-0.15, -0.1) is 0 Å². The molecule has 0 bridgehead atoms. The summed E-state index contributed by atoms with van der Waals surface area (Å²) in [5.74, 6) is -0.166. The maximum Gasteiger partial charge on any atom is 0.351 e. The molecule has 1 fully saturated rings. The normalized spacial score (nSPS) is 24.1. The van der Waals surface area contributed by atoms with Crippen LogP contribution in [0.15, 0.2) is 22.1 Å². The number of aliphatic hydroxyl groups excluding tert-OH is 1. The van der Waals surface area contributed by atoms with Crippen molar-refractivity contribution in [1.29, 1.82) is 0 Å². The van der Waals surface area contributed by atoms with Crippen LogP contribution in [0.25, 0.3) is 0 Å². The number of aliphatic hydroxyl groups is 1. The van der Waals surface area contributed by atoms with Gasteiger partial charge in [0.1, 0.15) is 18.9 Å². The van der Waals surface area contributed by atoms with Crippen LogP contribution in [0.2, 0.25) is 0 Å². The molecule has 0 spiro atoms. The van der Waals surface area contributed by atoms with Gasteiger partial charge in [-0.25, -0.2) is 9.79 Å². The van der Waals surface area contributed by atoms with Crippen LogP contribution in [0.3, 0.4) is 0 Å². The largest absolute Gasteiger partial charge is 0.463 e. The molecule has 2 heterocycles. The molecule has 1 saturated heterocycles. The first-order valence-electron chi connectivity index (χ1n) is 7.13. The van der Waals surface area contributed by atoms with E-state index in [1.54, 1.807) is 11.0 Å². The number of nitrogens with zero attached hydrogens (tertiary/aromatic N) is 4. The van der Waals surface area contributed by atoms with Crippen LogP contribution < -0.4 is 5.69 Å². The van der Waals surface area contributed by atoms with Crippen molar-refractivity contribution < 1.29 is 19.4 Å². The van der Waals surface area contributed by atoms with Crippen molar-refractivity contribution >= 4 is 18.1 Å². The third kappa shape index (κ3) is 4.60. The van der Waals surface area contributed by atoms with E-state index in [1.807, 2.05) is 14.1 Å². The van der Waals surface area contributed by atoms with Crippen molar-refractivity contribution in [3.63, 3.8) is 0 Å². The zero-order valence-corrected chi connectivity index (χ0v) is 13.2. The first-order valence-corrected chi connectivity index (χ1v) is 7.13. The Labute approximate surface area is 133 Å². The number of aliphatic imine (C=N–C) groups is 1. The maximum absolute atomic E-state index is 12.1. The van der Waals surface area contributed by atoms with Gasteiger partial charge in [0.05, 0.1) is 12.4 Å². The Morgan fingerprint density at radius 1 is 1.65 bits per heavy atom. The van der Waals surface area contributed by atoms with Gasteiger partial charge in [-0.1, -0.05) is 0 Å². The van der Waals surface area contributed by atoms with Crippen molar-refractivity contribution in [2.24, 2.45) is 4.99 Å². The lowest BCUT2D eigenvalue weighted by atomic mass is 10.2. The summed E-state index contributed by atoms with van der Waals surface area (Å²) in [5, 5.41) is 9.94. The summed E-state index contributed by atoms with van der Waals surface area (Å²) >= 11 is 0. The smallest absolute Gasteiger partial charge is 0.351 e. The molecule has 1 N–H and O–H groups in total. The number of ether oxygens (including phenoxy) is 2. The minimum atomic E-state index is -0.822. The van der Waals surface area contributed by atoms with Crippen molar-refractivity contribution in [1.82, 2.24) is 14.5 Å². The molecule has 0 radical (unpaired) electrons. The van der Waals surface area contributed by atoms with E-state index in [1.165, 1.54) is 24.0 Å². The Hall–Kier alpha value is -2.26. The van der Waals surface area contributed by atoms with Crippen molar-refractivity contribution in [2.75, 3.05) is 20.7 Å². The molecule has 0 unspecified atom stereocenters. The molecule has 23 heavy (non-hydrogen) atoms. The molecular weight excluding hydrogens is 304 g/mol. The van der Waals surface area contributed by atoms with E-state index in [0.717, 1.165) is 0 Å². The number of carbonyl (C=O) groups is 1. The minimum Gasteiger partial charge on any atom is -0.463 e. The van der Waals surface area contributed by atoms with Crippen LogP contribution in [-0.4, -0.2) is 64.8 Å². The predicted molar refractivity (Wildman–Crippen MR) is 81.5 cm³/mol. The summed E-state index contributed by atoms with van der Waals surface area (Å²) in [4.78, 5) is 32.5. The van der Waals surface area contributed by atoms with Gasteiger partial charge in [0.15, 0.2) is 5.82 Å².